The Morgan fingerprint density at radius 3 is 2.48 bits per heavy atom. The molecule has 7 heteroatoms. The van der Waals surface area contributed by atoms with E-state index in [1.807, 2.05) is 29.1 Å². The van der Waals surface area contributed by atoms with E-state index < -0.39 is 0 Å². The first-order chi connectivity index (χ1) is 14.2. The second-order valence-corrected chi connectivity index (χ2v) is 6.12. The standard InChI is InChI=1S/C22H18N4O3/c1-28-19-6-4-5-16(13-19)22(27)25-17-7-9-18(10-8-17)29-21-14-20(23-15-24-21)26-11-2-3-12-26/h2-15H,1H3,(H,25,27). The highest BCUT2D eigenvalue weighted by Gasteiger charge is 2.08. The summed E-state index contributed by atoms with van der Waals surface area (Å²) >= 11 is 0. The lowest BCUT2D eigenvalue weighted by Crippen LogP contribution is -2.11. The molecule has 4 aromatic rings. The van der Waals surface area contributed by atoms with Gasteiger partial charge in [-0.05, 0) is 54.6 Å². The van der Waals surface area contributed by atoms with E-state index in [0.717, 1.165) is 0 Å². The van der Waals surface area contributed by atoms with Crippen molar-refractivity contribution in [1.29, 1.82) is 0 Å². The maximum absolute atomic E-state index is 12.4. The Labute approximate surface area is 167 Å². The number of methoxy groups -OCH3 is 1. The Hall–Kier alpha value is -4.13. The van der Waals surface area contributed by atoms with E-state index in [1.165, 1.54) is 6.33 Å². The van der Waals surface area contributed by atoms with Gasteiger partial charge in [0.15, 0.2) is 0 Å². The molecule has 0 aliphatic rings. The molecule has 0 spiro atoms. The molecule has 0 bridgehead atoms. The number of rotatable bonds is 6. The van der Waals surface area contributed by atoms with Crippen LogP contribution in [0, 0.1) is 0 Å². The molecule has 0 aliphatic carbocycles. The average molecular weight is 386 g/mol. The molecule has 0 radical (unpaired) electrons. The Kier molecular flexibility index (Phi) is 5.20. The zero-order valence-corrected chi connectivity index (χ0v) is 15.6. The van der Waals surface area contributed by atoms with Crippen LogP contribution < -0.4 is 14.8 Å². The molecule has 0 saturated carbocycles. The number of hydrogen-bond acceptors (Lipinski definition) is 5. The summed E-state index contributed by atoms with van der Waals surface area (Å²) in [5.41, 5.74) is 1.17. The highest BCUT2D eigenvalue weighted by atomic mass is 16.5. The van der Waals surface area contributed by atoms with Gasteiger partial charge in [-0.3, -0.25) is 4.79 Å². The molecule has 2 heterocycles. The summed E-state index contributed by atoms with van der Waals surface area (Å²) < 4.78 is 12.8. The summed E-state index contributed by atoms with van der Waals surface area (Å²) in [7, 11) is 1.56. The fraction of sp³-hybridized carbons (Fsp3) is 0.0455. The van der Waals surface area contributed by atoms with Crippen LogP contribution in [-0.4, -0.2) is 27.6 Å². The van der Waals surface area contributed by atoms with E-state index >= 15 is 0 Å². The minimum atomic E-state index is -0.218. The molecule has 0 aliphatic heterocycles. The molecule has 1 N–H and O–H groups in total. The molecule has 4 rings (SSSR count). The third-order valence-electron chi connectivity index (χ3n) is 4.16. The number of anilines is 1. The van der Waals surface area contributed by atoms with Gasteiger partial charge in [0, 0.05) is 29.7 Å². The first kappa shape index (κ1) is 18.2. The van der Waals surface area contributed by atoms with Gasteiger partial charge in [0.25, 0.3) is 5.91 Å². The summed E-state index contributed by atoms with van der Waals surface area (Å²) in [6, 6.07) is 19.6. The van der Waals surface area contributed by atoms with Gasteiger partial charge in [-0.15, -0.1) is 0 Å². The number of hydrogen-bond donors (Lipinski definition) is 1. The average Bonchev–Trinajstić information content (AvgIpc) is 3.30. The SMILES string of the molecule is COc1cccc(C(=O)Nc2ccc(Oc3cc(-n4cccc4)ncn3)cc2)c1. The molecule has 0 saturated heterocycles. The second-order valence-electron chi connectivity index (χ2n) is 6.12. The summed E-state index contributed by atoms with van der Waals surface area (Å²) in [4.78, 5) is 20.8. The highest BCUT2D eigenvalue weighted by Crippen LogP contribution is 2.23. The van der Waals surface area contributed by atoms with Gasteiger partial charge in [-0.25, -0.2) is 9.97 Å². The molecular weight excluding hydrogens is 368 g/mol. The van der Waals surface area contributed by atoms with Gasteiger partial charge < -0.3 is 19.4 Å². The van der Waals surface area contributed by atoms with Crippen LogP contribution in [0.25, 0.3) is 5.82 Å². The summed E-state index contributed by atoms with van der Waals surface area (Å²) in [5.74, 6) is 2.15. The first-order valence-electron chi connectivity index (χ1n) is 8.90. The monoisotopic (exact) mass is 386 g/mol. The number of carbonyl (C=O) groups is 1. The smallest absolute Gasteiger partial charge is 0.255 e. The van der Waals surface area contributed by atoms with E-state index in [-0.39, 0.29) is 5.91 Å². The van der Waals surface area contributed by atoms with Gasteiger partial charge in [0.2, 0.25) is 5.88 Å². The molecule has 29 heavy (non-hydrogen) atoms. The Bertz CT molecular complexity index is 1110. The van der Waals surface area contributed by atoms with Crippen molar-refractivity contribution in [2.75, 3.05) is 12.4 Å². The van der Waals surface area contributed by atoms with Crippen LogP contribution in [0.2, 0.25) is 0 Å². The van der Waals surface area contributed by atoms with Crippen LogP contribution in [0.1, 0.15) is 10.4 Å². The van der Waals surface area contributed by atoms with E-state index in [2.05, 4.69) is 15.3 Å². The molecule has 0 fully saturated rings. The van der Waals surface area contributed by atoms with Crippen molar-refractivity contribution in [3.63, 3.8) is 0 Å². The predicted molar refractivity (Wildman–Crippen MR) is 109 cm³/mol. The van der Waals surface area contributed by atoms with Gasteiger partial charge in [0.1, 0.15) is 23.6 Å². The Balaban J connectivity index is 1.43. The van der Waals surface area contributed by atoms with Crippen LogP contribution in [0.3, 0.4) is 0 Å². The number of ether oxygens (including phenoxy) is 2. The van der Waals surface area contributed by atoms with Crippen molar-refractivity contribution in [2.24, 2.45) is 0 Å². The third-order valence-corrected chi connectivity index (χ3v) is 4.16. The predicted octanol–water partition coefficient (Wildman–Crippen LogP) is 4.32. The zero-order chi connectivity index (χ0) is 20.1. The largest absolute Gasteiger partial charge is 0.497 e. The zero-order valence-electron chi connectivity index (χ0n) is 15.6. The van der Waals surface area contributed by atoms with Crippen LogP contribution in [-0.2, 0) is 0 Å². The summed E-state index contributed by atoms with van der Waals surface area (Å²) in [6.07, 6.45) is 5.24. The number of nitrogens with one attached hydrogen (secondary N) is 1. The normalized spacial score (nSPS) is 10.4. The molecule has 0 unspecified atom stereocenters. The molecule has 2 aromatic carbocycles. The van der Waals surface area contributed by atoms with Crippen molar-refractivity contribution < 1.29 is 14.3 Å². The fourth-order valence-electron chi connectivity index (χ4n) is 2.71. The molecule has 1 amide bonds. The Morgan fingerprint density at radius 2 is 1.72 bits per heavy atom. The number of carbonyl (C=O) groups excluding carboxylic acids is 1. The lowest BCUT2D eigenvalue weighted by molar-refractivity contribution is 0.102. The van der Waals surface area contributed by atoms with Crippen LogP contribution >= 0.6 is 0 Å². The van der Waals surface area contributed by atoms with Gasteiger partial charge >= 0.3 is 0 Å². The minimum absolute atomic E-state index is 0.218. The minimum Gasteiger partial charge on any atom is -0.497 e. The summed E-state index contributed by atoms with van der Waals surface area (Å²) in [6.45, 7) is 0. The van der Waals surface area contributed by atoms with Crippen LogP contribution in [0.5, 0.6) is 17.4 Å². The highest BCUT2D eigenvalue weighted by molar-refractivity contribution is 6.04. The van der Waals surface area contributed by atoms with Crippen molar-refractivity contribution >= 4 is 11.6 Å². The van der Waals surface area contributed by atoms with Crippen molar-refractivity contribution in [2.45, 2.75) is 0 Å². The molecular formula is C22H18N4O3. The number of nitrogens with zero attached hydrogens (tertiary/aromatic N) is 3. The molecule has 7 nitrogen and oxygen atoms in total. The second kappa shape index (κ2) is 8.26. The fourth-order valence-corrected chi connectivity index (χ4v) is 2.71. The molecule has 0 atom stereocenters. The maximum Gasteiger partial charge on any atom is 0.255 e. The lowest BCUT2D eigenvalue weighted by atomic mass is 10.2. The lowest BCUT2D eigenvalue weighted by Gasteiger charge is -2.09. The van der Waals surface area contributed by atoms with Crippen molar-refractivity contribution in [3.8, 4) is 23.2 Å². The number of aromatic nitrogens is 3. The van der Waals surface area contributed by atoms with E-state index in [1.54, 1.807) is 61.7 Å². The van der Waals surface area contributed by atoms with Crippen LogP contribution in [0.4, 0.5) is 5.69 Å². The number of amides is 1. The quantitative estimate of drug-likeness (QED) is 0.534. The van der Waals surface area contributed by atoms with Gasteiger partial charge in [-0.1, -0.05) is 6.07 Å². The van der Waals surface area contributed by atoms with E-state index in [4.69, 9.17) is 9.47 Å². The van der Waals surface area contributed by atoms with Crippen molar-refractivity contribution in [1.82, 2.24) is 14.5 Å². The van der Waals surface area contributed by atoms with E-state index in [0.29, 0.717) is 34.4 Å². The molecule has 144 valence electrons. The van der Waals surface area contributed by atoms with E-state index in [9.17, 15) is 4.79 Å². The van der Waals surface area contributed by atoms with Gasteiger partial charge in [-0.2, -0.15) is 0 Å². The number of benzene rings is 2. The molecule has 2 aromatic heterocycles. The van der Waals surface area contributed by atoms with Crippen molar-refractivity contribution in [3.05, 3.63) is 91.0 Å². The summed E-state index contributed by atoms with van der Waals surface area (Å²) in [5, 5.41) is 2.85. The van der Waals surface area contributed by atoms with Gasteiger partial charge in [0.05, 0.1) is 7.11 Å². The Morgan fingerprint density at radius 1 is 0.931 bits per heavy atom. The topological polar surface area (TPSA) is 78.3 Å². The van der Waals surface area contributed by atoms with Crippen LogP contribution in [0.15, 0.2) is 85.5 Å². The maximum atomic E-state index is 12.4. The first-order valence-corrected chi connectivity index (χ1v) is 8.90. The third kappa shape index (κ3) is 4.41.